The van der Waals surface area contributed by atoms with Crippen molar-refractivity contribution in [3.05, 3.63) is 0 Å². The Morgan fingerprint density at radius 2 is 1.84 bits per heavy atom. The maximum absolute atomic E-state index is 5.79. The van der Waals surface area contributed by atoms with Gasteiger partial charge in [-0.15, -0.1) is 0 Å². The van der Waals surface area contributed by atoms with Crippen LogP contribution in [0.1, 0.15) is 47.5 Å². The largest absolute Gasteiger partial charge is 0.378 e. The third-order valence-electron chi connectivity index (χ3n) is 4.51. The summed E-state index contributed by atoms with van der Waals surface area (Å²) in [5.41, 5.74) is 0. The molecule has 0 radical (unpaired) electrons. The molecule has 6 heteroatoms. The quantitative estimate of drug-likeness (QED) is 0.357. The number of guanidine groups is 1. The molecule has 0 aromatic heterocycles. The number of ether oxygens (including phenoxy) is 2. The summed E-state index contributed by atoms with van der Waals surface area (Å²) >= 11 is 0. The smallest absolute Gasteiger partial charge is 0.190 e. The van der Waals surface area contributed by atoms with Crippen molar-refractivity contribution in [1.82, 2.24) is 15.5 Å². The van der Waals surface area contributed by atoms with Crippen LogP contribution in [-0.2, 0) is 9.47 Å². The molecule has 1 aliphatic rings. The van der Waals surface area contributed by atoms with Gasteiger partial charge in [0.1, 0.15) is 0 Å². The second kappa shape index (κ2) is 12.5. The summed E-state index contributed by atoms with van der Waals surface area (Å²) in [6.07, 6.45) is 3.08. The number of nitrogens with one attached hydrogen (secondary N) is 2. The van der Waals surface area contributed by atoms with Gasteiger partial charge in [-0.05, 0) is 39.5 Å². The molecule has 1 rings (SSSR count). The molecule has 1 saturated heterocycles. The lowest BCUT2D eigenvalue weighted by molar-refractivity contribution is -0.0679. The molecule has 0 bridgehead atoms. The molecule has 1 heterocycles. The summed E-state index contributed by atoms with van der Waals surface area (Å²) in [7, 11) is 1.82. The number of hydrogen-bond donors (Lipinski definition) is 2. The van der Waals surface area contributed by atoms with E-state index in [9.17, 15) is 0 Å². The van der Waals surface area contributed by atoms with Gasteiger partial charge in [-0.1, -0.05) is 13.8 Å². The van der Waals surface area contributed by atoms with Crippen molar-refractivity contribution in [3.63, 3.8) is 0 Å². The van der Waals surface area contributed by atoms with Gasteiger partial charge in [0, 0.05) is 46.4 Å². The fraction of sp³-hybridized carbons (Fsp3) is 0.947. The minimum atomic E-state index is 0.306. The molecule has 0 aliphatic carbocycles. The van der Waals surface area contributed by atoms with Crippen LogP contribution in [0, 0.1) is 5.92 Å². The zero-order valence-corrected chi connectivity index (χ0v) is 17.2. The van der Waals surface area contributed by atoms with Gasteiger partial charge in [0.2, 0.25) is 0 Å². The van der Waals surface area contributed by atoms with Gasteiger partial charge in [0.05, 0.1) is 18.3 Å². The van der Waals surface area contributed by atoms with Crippen LogP contribution in [0.5, 0.6) is 0 Å². The molecule has 1 aliphatic heterocycles. The van der Waals surface area contributed by atoms with Gasteiger partial charge in [0.15, 0.2) is 5.96 Å². The van der Waals surface area contributed by atoms with Crippen LogP contribution in [0.15, 0.2) is 4.99 Å². The van der Waals surface area contributed by atoms with E-state index in [1.807, 2.05) is 7.05 Å². The third-order valence-corrected chi connectivity index (χ3v) is 4.51. The standard InChI is InChI=1S/C19H40N4O2/c1-7-24-18(15(2)3)9-11-22-19(20-6)21-10-8-12-23-13-16(4)25-17(5)14-23/h15-18H,7-14H2,1-6H3,(H2,20,21,22). The maximum Gasteiger partial charge on any atom is 0.190 e. The van der Waals surface area contributed by atoms with E-state index in [4.69, 9.17) is 9.47 Å². The summed E-state index contributed by atoms with van der Waals surface area (Å²) in [6, 6.07) is 0. The minimum Gasteiger partial charge on any atom is -0.378 e. The third kappa shape index (κ3) is 9.42. The van der Waals surface area contributed by atoms with E-state index in [0.717, 1.165) is 58.1 Å². The molecule has 2 N–H and O–H groups in total. The van der Waals surface area contributed by atoms with E-state index in [2.05, 4.69) is 55.1 Å². The first-order valence-corrected chi connectivity index (χ1v) is 9.90. The van der Waals surface area contributed by atoms with Gasteiger partial charge >= 0.3 is 0 Å². The van der Waals surface area contributed by atoms with Gasteiger partial charge in [-0.2, -0.15) is 0 Å². The lowest BCUT2D eigenvalue weighted by Crippen LogP contribution is -2.46. The van der Waals surface area contributed by atoms with E-state index in [0.29, 0.717) is 24.2 Å². The Morgan fingerprint density at radius 3 is 2.40 bits per heavy atom. The summed E-state index contributed by atoms with van der Waals surface area (Å²) in [6.45, 7) is 16.5. The molecule has 3 unspecified atom stereocenters. The van der Waals surface area contributed by atoms with Crippen molar-refractivity contribution >= 4 is 5.96 Å². The van der Waals surface area contributed by atoms with Crippen LogP contribution >= 0.6 is 0 Å². The summed E-state index contributed by atoms with van der Waals surface area (Å²) < 4.78 is 11.6. The van der Waals surface area contributed by atoms with E-state index >= 15 is 0 Å². The van der Waals surface area contributed by atoms with Crippen LogP contribution in [0.2, 0.25) is 0 Å². The highest BCUT2D eigenvalue weighted by Crippen LogP contribution is 2.11. The SMILES string of the molecule is CCOC(CCNC(=NC)NCCCN1CC(C)OC(C)C1)C(C)C. The van der Waals surface area contributed by atoms with Gasteiger partial charge in [-0.25, -0.2) is 0 Å². The first kappa shape index (κ1) is 22.2. The highest BCUT2D eigenvalue weighted by atomic mass is 16.5. The van der Waals surface area contributed by atoms with Crippen molar-refractivity contribution in [2.45, 2.75) is 65.8 Å². The molecule has 0 spiro atoms. The Kier molecular flexibility index (Phi) is 11.1. The zero-order valence-electron chi connectivity index (χ0n) is 17.2. The van der Waals surface area contributed by atoms with Gasteiger partial charge in [-0.3, -0.25) is 9.89 Å². The number of aliphatic imine (C=N–C) groups is 1. The lowest BCUT2D eigenvalue weighted by atomic mass is 10.0. The van der Waals surface area contributed by atoms with Crippen LogP contribution in [0.3, 0.4) is 0 Å². The van der Waals surface area contributed by atoms with E-state index in [-0.39, 0.29) is 0 Å². The summed E-state index contributed by atoms with van der Waals surface area (Å²) in [4.78, 5) is 6.80. The van der Waals surface area contributed by atoms with Crippen LogP contribution in [0.25, 0.3) is 0 Å². The second-order valence-electron chi connectivity index (χ2n) is 7.32. The lowest BCUT2D eigenvalue weighted by Gasteiger charge is -2.35. The first-order valence-electron chi connectivity index (χ1n) is 9.90. The second-order valence-corrected chi connectivity index (χ2v) is 7.32. The molecule has 0 saturated carbocycles. The predicted molar refractivity (Wildman–Crippen MR) is 105 cm³/mol. The number of nitrogens with zero attached hydrogens (tertiary/aromatic N) is 2. The molecular weight excluding hydrogens is 316 g/mol. The average molecular weight is 357 g/mol. The molecule has 25 heavy (non-hydrogen) atoms. The maximum atomic E-state index is 5.79. The molecule has 0 aromatic carbocycles. The predicted octanol–water partition coefficient (Wildman–Crippen LogP) is 2.10. The summed E-state index contributed by atoms with van der Waals surface area (Å²) in [5, 5.41) is 6.80. The Balaban J connectivity index is 2.17. The topological polar surface area (TPSA) is 58.1 Å². The Morgan fingerprint density at radius 1 is 1.20 bits per heavy atom. The molecule has 1 fully saturated rings. The van der Waals surface area contributed by atoms with Gasteiger partial charge in [0.25, 0.3) is 0 Å². The van der Waals surface area contributed by atoms with Crippen molar-refractivity contribution in [3.8, 4) is 0 Å². The molecule has 0 amide bonds. The first-order chi connectivity index (χ1) is 12.0. The van der Waals surface area contributed by atoms with E-state index < -0.39 is 0 Å². The molecule has 3 atom stereocenters. The van der Waals surface area contributed by atoms with E-state index in [1.165, 1.54) is 0 Å². The van der Waals surface area contributed by atoms with Crippen molar-refractivity contribution in [1.29, 1.82) is 0 Å². The normalized spacial score (nSPS) is 23.7. The minimum absolute atomic E-state index is 0.306. The molecule has 0 aromatic rings. The number of rotatable bonds is 10. The monoisotopic (exact) mass is 356 g/mol. The highest BCUT2D eigenvalue weighted by molar-refractivity contribution is 5.79. The Labute approximate surface area is 154 Å². The van der Waals surface area contributed by atoms with Crippen LogP contribution < -0.4 is 10.6 Å². The molecule has 6 nitrogen and oxygen atoms in total. The number of morpholine rings is 1. The molecular formula is C19H40N4O2. The Bertz CT molecular complexity index is 366. The van der Waals surface area contributed by atoms with Crippen molar-refractivity contribution in [2.75, 3.05) is 46.4 Å². The molecule has 148 valence electrons. The summed E-state index contributed by atoms with van der Waals surface area (Å²) in [5.74, 6) is 1.41. The average Bonchev–Trinajstić information content (AvgIpc) is 2.55. The fourth-order valence-electron chi connectivity index (χ4n) is 3.35. The van der Waals surface area contributed by atoms with Crippen LogP contribution in [0.4, 0.5) is 0 Å². The number of hydrogen-bond acceptors (Lipinski definition) is 4. The van der Waals surface area contributed by atoms with Crippen molar-refractivity contribution in [2.24, 2.45) is 10.9 Å². The zero-order chi connectivity index (χ0) is 18.7. The highest BCUT2D eigenvalue weighted by Gasteiger charge is 2.21. The van der Waals surface area contributed by atoms with E-state index in [1.54, 1.807) is 0 Å². The fourth-order valence-corrected chi connectivity index (χ4v) is 3.35. The Hall–Kier alpha value is -0.850. The van der Waals surface area contributed by atoms with Crippen LogP contribution in [-0.4, -0.2) is 75.5 Å². The van der Waals surface area contributed by atoms with Gasteiger partial charge < -0.3 is 20.1 Å². The van der Waals surface area contributed by atoms with Crippen molar-refractivity contribution < 1.29 is 9.47 Å².